The van der Waals surface area contributed by atoms with Crippen LogP contribution in [0.25, 0.3) is 11.0 Å². The molecule has 0 spiro atoms. The lowest BCUT2D eigenvalue weighted by atomic mass is 10.0. The zero-order valence-electron chi connectivity index (χ0n) is 16.6. The summed E-state index contributed by atoms with van der Waals surface area (Å²) in [6.45, 7) is 3.51. The monoisotopic (exact) mass is 410 g/mol. The molecule has 30 heavy (non-hydrogen) atoms. The number of phenolic OH excluding ortho intramolecular Hbond substituents is 1. The summed E-state index contributed by atoms with van der Waals surface area (Å²) in [5.74, 6) is -1.76. The Morgan fingerprint density at radius 3 is 2.47 bits per heavy atom. The molecule has 0 aliphatic rings. The van der Waals surface area contributed by atoms with Gasteiger partial charge in [0.1, 0.15) is 17.1 Å². The number of hydrogen-bond acceptors (Lipinski definition) is 7. The average molecular weight is 410 g/mol. The Kier molecular flexibility index (Phi) is 5.77. The topological polar surface area (TPSA) is 129 Å². The third-order valence-electron chi connectivity index (χ3n) is 4.81. The Balaban J connectivity index is 1.94. The Bertz CT molecular complexity index is 1180. The van der Waals surface area contributed by atoms with Crippen LogP contribution in [0.1, 0.15) is 28.3 Å². The van der Waals surface area contributed by atoms with Crippen molar-refractivity contribution in [2.45, 2.75) is 26.3 Å². The Morgan fingerprint density at radius 1 is 1.20 bits per heavy atom. The number of aliphatic carboxylic acids is 1. The van der Waals surface area contributed by atoms with Crippen LogP contribution in [0.2, 0.25) is 0 Å². The molecule has 1 aromatic heterocycles. The summed E-state index contributed by atoms with van der Waals surface area (Å²) >= 11 is 0. The molecule has 0 bridgehead atoms. The van der Waals surface area contributed by atoms with Crippen LogP contribution in [-0.4, -0.2) is 24.1 Å². The molecule has 0 unspecified atom stereocenters. The SMILES string of the molecule is COc1cc(C)cc2oc(=O)c(CC(=O)N[C@H](C(=O)[O-])c3ccc(O)cc3)c(C)c12. The first-order valence-corrected chi connectivity index (χ1v) is 9.11. The van der Waals surface area contributed by atoms with Crippen molar-refractivity contribution in [1.29, 1.82) is 0 Å². The molecule has 0 aliphatic carbocycles. The van der Waals surface area contributed by atoms with Gasteiger partial charge in [-0.05, 0) is 54.8 Å². The molecule has 2 N–H and O–H groups in total. The fourth-order valence-electron chi connectivity index (χ4n) is 3.32. The van der Waals surface area contributed by atoms with Gasteiger partial charge in [-0.3, -0.25) is 4.79 Å². The average Bonchev–Trinajstić information content (AvgIpc) is 2.69. The fourth-order valence-corrected chi connectivity index (χ4v) is 3.32. The van der Waals surface area contributed by atoms with E-state index in [1.54, 1.807) is 19.1 Å². The maximum atomic E-state index is 12.6. The van der Waals surface area contributed by atoms with E-state index in [2.05, 4.69) is 5.32 Å². The van der Waals surface area contributed by atoms with E-state index in [4.69, 9.17) is 9.15 Å². The molecule has 0 saturated heterocycles. The molecule has 1 amide bonds. The van der Waals surface area contributed by atoms with E-state index < -0.39 is 23.5 Å². The number of methoxy groups -OCH3 is 1. The Hall–Kier alpha value is -3.81. The van der Waals surface area contributed by atoms with Crippen LogP contribution in [0.3, 0.4) is 0 Å². The molecule has 1 heterocycles. The van der Waals surface area contributed by atoms with E-state index >= 15 is 0 Å². The van der Waals surface area contributed by atoms with Crippen LogP contribution in [-0.2, 0) is 16.0 Å². The van der Waals surface area contributed by atoms with Gasteiger partial charge in [-0.1, -0.05) is 12.1 Å². The smallest absolute Gasteiger partial charge is 0.340 e. The summed E-state index contributed by atoms with van der Waals surface area (Å²) in [5.41, 5.74) is 1.35. The van der Waals surface area contributed by atoms with Gasteiger partial charge in [0.05, 0.1) is 36.5 Å². The number of amides is 1. The van der Waals surface area contributed by atoms with Crippen LogP contribution < -0.4 is 20.8 Å². The Morgan fingerprint density at radius 2 is 1.87 bits per heavy atom. The van der Waals surface area contributed by atoms with Gasteiger partial charge in [-0.2, -0.15) is 0 Å². The van der Waals surface area contributed by atoms with E-state index in [-0.39, 0.29) is 23.3 Å². The molecule has 8 nitrogen and oxygen atoms in total. The quantitative estimate of drug-likeness (QED) is 0.586. The minimum Gasteiger partial charge on any atom is -0.548 e. The van der Waals surface area contributed by atoms with Gasteiger partial charge in [-0.15, -0.1) is 0 Å². The minimum atomic E-state index is -1.52. The zero-order chi connectivity index (χ0) is 22.0. The van der Waals surface area contributed by atoms with Gasteiger partial charge < -0.3 is 29.5 Å². The molecule has 3 rings (SSSR count). The lowest BCUT2D eigenvalue weighted by Gasteiger charge is -2.20. The standard InChI is InChI=1S/C22H21NO7/c1-11-8-16(29-3)19-12(2)15(22(28)30-17(19)9-11)10-18(25)23-20(21(26)27)13-4-6-14(24)7-5-13/h4-9,20,24H,10H2,1-3H3,(H,23,25)(H,26,27)/p-1/t20-/m0/s1. The molecule has 2 aromatic carbocycles. The van der Waals surface area contributed by atoms with Crippen molar-refractivity contribution < 1.29 is 29.0 Å². The van der Waals surface area contributed by atoms with Crippen molar-refractivity contribution in [2.75, 3.05) is 7.11 Å². The molecule has 0 saturated carbocycles. The number of ether oxygens (including phenoxy) is 1. The van der Waals surface area contributed by atoms with Crippen LogP contribution >= 0.6 is 0 Å². The fraction of sp³-hybridized carbons (Fsp3) is 0.227. The summed E-state index contributed by atoms with van der Waals surface area (Å²) in [7, 11) is 1.49. The molecule has 0 fully saturated rings. The number of nitrogens with one attached hydrogen (secondary N) is 1. The summed E-state index contributed by atoms with van der Waals surface area (Å²) in [6.07, 6.45) is -0.386. The van der Waals surface area contributed by atoms with Crippen molar-refractivity contribution in [3.05, 3.63) is 69.1 Å². The second-order valence-corrected chi connectivity index (χ2v) is 6.92. The van der Waals surface area contributed by atoms with E-state index in [1.165, 1.54) is 31.4 Å². The summed E-state index contributed by atoms with van der Waals surface area (Å²) < 4.78 is 10.8. The summed E-state index contributed by atoms with van der Waals surface area (Å²) in [4.78, 5) is 36.5. The number of carbonyl (C=O) groups is 2. The van der Waals surface area contributed by atoms with Gasteiger partial charge in [0.25, 0.3) is 0 Å². The lowest BCUT2D eigenvalue weighted by molar-refractivity contribution is -0.308. The molecule has 0 aliphatic heterocycles. The highest BCUT2D eigenvalue weighted by Gasteiger charge is 2.21. The number of benzene rings is 2. The van der Waals surface area contributed by atoms with Crippen LogP contribution in [0.4, 0.5) is 0 Å². The van der Waals surface area contributed by atoms with Crippen LogP contribution in [0.15, 0.2) is 45.6 Å². The van der Waals surface area contributed by atoms with E-state index in [1.807, 2.05) is 6.92 Å². The molecule has 0 radical (unpaired) electrons. The molecule has 156 valence electrons. The molecule has 3 aromatic rings. The number of aromatic hydroxyl groups is 1. The number of fused-ring (bicyclic) bond motifs is 1. The van der Waals surface area contributed by atoms with Crippen LogP contribution in [0, 0.1) is 13.8 Å². The van der Waals surface area contributed by atoms with Crippen LogP contribution in [0.5, 0.6) is 11.5 Å². The van der Waals surface area contributed by atoms with Crippen molar-refractivity contribution in [1.82, 2.24) is 5.32 Å². The number of rotatable bonds is 6. The number of carboxylic acids is 1. The van der Waals surface area contributed by atoms with Gasteiger partial charge >= 0.3 is 5.63 Å². The van der Waals surface area contributed by atoms with Gasteiger partial charge in [0.2, 0.25) is 5.91 Å². The van der Waals surface area contributed by atoms with Gasteiger partial charge in [0, 0.05) is 0 Å². The first-order valence-electron chi connectivity index (χ1n) is 9.11. The van der Waals surface area contributed by atoms with E-state index in [0.29, 0.717) is 22.3 Å². The van der Waals surface area contributed by atoms with Gasteiger partial charge in [-0.25, -0.2) is 4.79 Å². The highest BCUT2D eigenvalue weighted by atomic mass is 16.5. The maximum absolute atomic E-state index is 12.6. The van der Waals surface area contributed by atoms with Crippen molar-refractivity contribution >= 4 is 22.8 Å². The molecule has 1 atom stereocenters. The lowest BCUT2D eigenvalue weighted by Crippen LogP contribution is -2.42. The van der Waals surface area contributed by atoms with E-state index in [0.717, 1.165) is 5.56 Å². The zero-order valence-corrected chi connectivity index (χ0v) is 16.6. The summed E-state index contributed by atoms with van der Waals surface area (Å²) in [5, 5.41) is 23.8. The molecule has 8 heteroatoms. The number of carboxylic acid groups (broad SMARTS) is 1. The normalized spacial score (nSPS) is 11.8. The first-order chi connectivity index (χ1) is 14.2. The number of hydrogen-bond donors (Lipinski definition) is 2. The van der Waals surface area contributed by atoms with Crippen molar-refractivity contribution in [3.8, 4) is 11.5 Å². The second kappa shape index (κ2) is 8.28. The van der Waals surface area contributed by atoms with Crippen molar-refractivity contribution in [3.63, 3.8) is 0 Å². The predicted octanol–water partition coefficient (Wildman–Crippen LogP) is 1.27. The molecular weight excluding hydrogens is 390 g/mol. The Labute approximate surface area is 171 Å². The third kappa shape index (κ3) is 4.12. The minimum absolute atomic E-state index is 0.0456. The maximum Gasteiger partial charge on any atom is 0.340 e. The largest absolute Gasteiger partial charge is 0.548 e. The number of carbonyl (C=O) groups excluding carboxylic acids is 2. The van der Waals surface area contributed by atoms with Gasteiger partial charge in [0.15, 0.2) is 0 Å². The first kappa shape index (κ1) is 20.9. The van der Waals surface area contributed by atoms with E-state index in [9.17, 15) is 24.6 Å². The number of phenols is 1. The molecular formula is C22H20NO7-. The summed E-state index contributed by atoms with van der Waals surface area (Å²) in [6, 6.07) is 7.37. The highest BCUT2D eigenvalue weighted by Crippen LogP contribution is 2.31. The van der Waals surface area contributed by atoms with Crippen molar-refractivity contribution in [2.24, 2.45) is 0 Å². The predicted molar refractivity (Wildman–Crippen MR) is 106 cm³/mol. The highest BCUT2D eigenvalue weighted by molar-refractivity contribution is 5.90. The number of aryl methyl sites for hydroxylation is 2. The third-order valence-corrected chi connectivity index (χ3v) is 4.81. The second-order valence-electron chi connectivity index (χ2n) is 6.92.